The molecule has 96 valence electrons. The van der Waals surface area contributed by atoms with Crippen LogP contribution in [0, 0.1) is 0 Å². The molecule has 2 N–H and O–H groups in total. The highest BCUT2D eigenvalue weighted by Crippen LogP contribution is 2.17. The monoisotopic (exact) mass is 266 g/mol. The zero-order valence-corrected chi connectivity index (χ0v) is 10.9. The molecule has 0 spiro atoms. The first kappa shape index (κ1) is 12.6. The van der Waals surface area contributed by atoms with Crippen LogP contribution in [0.15, 0.2) is 35.5 Å². The summed E-state index contributed by atoms with van der Waals surface area (Å²) in [6.07, 6.45) is 2.81. The molecule has 0 aliphatic rings. The number of aromatic amines is 1. The summed E-state index contributed by atoms with van der Waals surface area (Å²) >= 11 is 0. The molecule has 0 aromatic carbocycles. The van der Waals surface area contributed by atoms with Gasteiger partial charge < -0.3 is 0 Å². The van der Waals surface area contributed by atoms with Crippen molar-refractivity contribution < 1.29 is 8.42 Å². The standard InChI is InChI=1S/C11H14N4O2S/c1-8(2)10-6-11(14-13-10)15-18(16,17)9-4-3-5-12-7-9/h3-8H,1-2H3,(H2,13,14,15). The van der Waals surface area contributed by atoms with Crippen molar-refractivity contribution in [2.75, 3.05) is 4.72 Å². The molecule has 2 heterocycles. The van der Waals surface area contributed by atoms with E-state index in [0.717, 1.165) is 5.69 Å². The number of sulfonamides is 1. The maximum absolute atomic E-state index is 12.0. The van der Waals surface area contributed by atoms with Gasteiger partial charge in [0.15, 0.2) is 5.82 Å². The molecule has 18 heavy (non-hydrogen) atoms. The molecule has 2 rings (SSSR count). The van der Waals surface area contributed by atoms with Gasteiger partial charge in [-0.1, -0.05) is 13.8 Å². The van der Waals surface area contributed by atoms with Crippen LogP contribution in [0.3, 0.4) is 0 Å². The maximum atomic E-state index is 12.0. The van der Waals surface area contributed by atoms with Crippen molar-refractivity contribution in [1.29, 1.82) is 0 Å². The molecule has 0 radical (unpaired) electrons. The third-order valence-corrected chi connectivity index (χ3v) is 3.74. The number of H-pyrrole nitrogens is 1. The van der Waals surface area contributed by atoms with Gasteiger partial charge in [-0.15, -0.1) is 0 Å². The zero-order valence-electron chi connectivity index (χ0n) is 10.1. The fourth-order valence-corrected chi connectivity index (χ4v) is 2.34. The van der Waals surface area contributed by atoms with Gasteiger partial charge in [-0.2, -0.15) is 5.10 Å². The van der Waals surface area contributed by atoms with E-state index in [2.05, 4.69) is 19.9 Å². The topological polar surface area (TPSA) is 87.7 Å². The first-order valence-corrected chi connectivity index (χ1v) is 6.95. The fourth-order valence-electron chi connectivity index (χ4n) is 1.39. The average Bonchev–Trinajstić information content (AvgIpc) is 2.78. The highest BCUT2D eigenvalue weighted by atomic mass is 32.2. The van der Waals surface area contributed by atoms with Gasteiger partial charge in [-0.25, -0.2) is 8.42 Å². The van der Waals surface area contributed by atoms with E-state index in [4.69, 9.17) is 0 Å². The van der Waals surface area contributed by atoms with E-state index in [0.29, 0.717) is 0 Å². The SMILES string of the molecule is CC(C)c1cc(NS(=O)(=O)c2cccnc2)n[nH]1. The molecular weight excluding hydrogens is 252 g/mol. The van der Waals surface area contributed by atoms with Crippen LogP contribution in [0.2, 0.25) is 0 Å². The second-order valence-corrected chi connectivity index (χ2v) is 5.84. The summed E-state index contributed by atoms with van der Waals surface area (Å²) in [4.78, 5) is 3.89. The van der Waals surface area contributed by atoms with Crippen molar-refractivity contribution in [3.8, 4) is 0 Å². The van der Waals surface area contributed by atoms with Gasteiger partial charge in [-0.3, -0.25) is 14.8 Å². The molecule has 2 aromatic heterocycles. The van der Waals surface area contributed by atoms with Gasteiger partial charge in [0.1, 0.15) is 4.90 Å². The number of aromatic nitrogens is 3. The summed E-state index contributed by atoms with van der Waals surface area (Å²) in [6, 6.07) is 4.72. The van der Waals surface area contributed by atoms with Crippen LogP contribution in [0.5, 0.6) is 0 Å². The number of nitrogens with one attached hydrogen (secondary N) is 2. The van der Waals surface area contributed by atoms with E-state index in [-0.39, 0.29) is 16.6 Å². The molecule has 2 aromatic rings. The predicted molar refractivity (Wildman–Crippen MR) is 67.7 cm³/mol. The molecule has 0 bridgehead atoms. The molecule has 0 unspecified atom stereocenters. The van der Waals surface area contributed by atoms with Crippen LogP contribution >= 0.6 is 0 Å². The Morgan fingerprint density at radius 3 is 2.72 bits per heavy atom. The molecule has 7 heteroatoms. The molecule has 0 atom stereocenters. The molecule has 0 saturated heterocycles. The Bertz CT molecular complexity index is 620. The quantitative estimate of drug-likeness (QED) is 0.882. The number of nitrogens with zero attached hydrogens (tertiary/aromatic N) is 2. The first-order chi connectivity index (χ1) is 8.49. The minimum absolute atomic E-state index is 0.110. The van der Waals surface area contributed by atoms with Crippen molar-refractivity contribution in [3.63, 3.8) is 0 Å². The van der Waals surface area contributed by atoms with E-state index in [1.165, 1.54) is 18.5 Å². The first-order valence-electron chi connectivity index (χ1n) is 5.47. The van der Waals surface area contributed by atoms with Gasteiger partial charge in [-0.05, 0) is 18.1 Å². The molecular formula is C11H14N4O2S. The number of pyridine rings is 1. The Balaban J connectivity index is 2.23. The van der Waals surface area contributed by atoms with E-state index in [1.54, 1.807) is 12.1 Å². The van der Waals surface area contributed by atoms with Crippen molar-refractivity contribution >= 4 is 15.8 Å². The maximum Gasteiger partial charge on any atom is 0.264 e. The lowest BCUT2D eigenvalue weighted by Crippen LogP contribution is -2.13. The van der Waals surface area contributed by atoms with Crippen LogP contribution in [-0.4, -0.2) is 23.6 Å². The van der Waals surface area contributed by atoms with Crippen LogP contribution < -0.4 is 4.72 Å². The Labute approximate surface area is 106 Å². The Hall–Kier alpha value is -1.89. The number of hydrogen-bond acceptors (Lipinski definition) is 4. The lowest BCUT2D eigenvalue weighted by atomic mass is 10.1. The smallest absolute Gasteiger partial charge is 0.264 e. The Kier molecular flexibility index (Phi) is 3.33. The molecule has 0 amide bonds. The van der Waals surface area contributed by atoms with Gasteiger partial charge in [0.2, 0.25) is 0 Å². The summed E-state index contributed by atoms with van der Waals surface area (Å²) in [6.45, 7) is 3.99. The second-order valence-electron chi connectivity index (χ2n) is 4.16. The summed E-state index contributed by atoms with van der Waals surface area (Å²) in [5.74, 6) is 0.539. The second kappa shape index (κ2) is 4.77. The molecule has 0 saturated carbocycles. The van der Waals surface area contributed by atoms with E-state index in [1.807, 2.05) is 13.8 Å². The Morgan fingerprint density at radius 2 is 2.17 bits per heavy atom. The van der Waals surface area contributed by atoms with Crippen LogP contribution in [0.25, 0.3) is 0 Å². The highest BCUT2D eigenvalue weighted by Gasteiger charge is 2.16. The van der Waals surface area contributed by atoms with Crippen LogP contribution in [0.4, 0.5) is 5.82 Å². The van der Waals surface area contributed by atoms with Crippen LogP contribution in [0.1, 0.15) is 25.5 Å². The summed E-state index contributed by atoms with van der Waals surface area (Å²) in [7, 11) is -3.62. The van der Waals surface area contributed by atoms with E-state index < -0.39 is 10.0 Å². The average molecular weight is 266 g/mol. The summed E-state index contributed by atoms with van der Waals surface area (Å²) in [5.41, 5.74) is 0.874. The van der Waals surface area contributed by atoms with Gasteiger partial charge in [0, 0.05) is 24.2 Å². The summed E-state index contributed by atoms with van der Waals surface area (Å²) in [5, 5.41) is 6.70. The highest BCUT2D eigenvalue weighted by molar-refractivity contribution is 7.92. The summed E-state index contributed by atoms with van der Waals surface area (Å²) < 4.78 is 26.4. The number of hydrogen-bond donors (Lipinski definition) is 2. The molecule has 0 fully saturated rings. The van der Waals surface area contributed by atoms with Gasteiger partial charge in [0.05, 0.1) is 0 Å². The third-order valence-electron chi connectivity index (χ3n) is 2.40. The van der Waals surface area contributed by atoms with Crippen molar-refractivity contribution in [1.82, 2.24) is 15.2 Å². The fraction of sp³-hybridized carbons (Fsp3) is 0.273. The van der Waals surface area contributed by atoms with Crippen molar-refractivity contribution in [2.45, 2.75) is 24.7 Å². The van der Waals surface area contributed by atoms with E-state index >= 15 is 0 Å². The Morgan fingerprint density at radius 1 is 1.39 bits per heavy atom. The van der Waals surface area contributed by atoms with Crippen molar-refractivity contribution in [3.05, 3.63) is 36.3 Å². The normalized spacial score (nSPS) is 11.7. The van der Waals surface area contributed by atoms with Crippen LogP contribution in [-0.2, 0) is 10.0 Å². The zero-order chi connectivity index (χ0) is 13.2. The lowest BCUT2D eigenvalue weighted by Gasteiger charge is -2.03. The largest absolute Gasteiger partial charge is 0.280 e. The number of rotatable bonds is 4. The van der Waals surface area contributed by atoms with Crippen molar-refractivity contribution in [2.24, 2.45) is 0 Å². The molecule has 6 nitrogen and oxygen atoms in total. The number of anilines is 1. The third kappa shape index (κ3) is 2.67. The molecule has 0 aliphatic carbocycles. The minimum Gasteiger partial charge on any atom is -0.280 e. The van der Waals surface area contributed by atoms with Gasteiger partial charge in [0.25, 0.3) is 10.0 Å². The predicted octanol–water partition coefficient (Wildman–Crippen LogP) is 1.73. The van der Waals surface area contributed by atoms with Gasteiger partial charge >= 0.3 is 0 Å². The lowest BCUT2D eigenvalue weighted by molar-refractivity contribution is 0.600. The molecule has 0 aliphatic heterocycles. The van der Waals surface area contributed by atoms with E-state index in [9.17, 15) is 8.42 Å². The minimum atomic E-state index is -3.62.